The van der Waals surface area contributed by atoms with Crippen molar-refractivity contribution < 1.29 is 55.1 Å². The van der Waals surface area contributed by atoms with Crippen molar-refractivity contribution in [2.75, 3.05) is 5.32 Å². The van der Waals surface area contributed by atoms with Crippen molar-refractivity contribution in [1.82, 2.24) is 0 Å². The number of carbonyl (C=O) groups excluding carboxylic acids is 1. The van der Waals surface area contributed by atoms with Gasteiger partial charge < -0.3 is 5.32 Å². The summed E-state index contributed by atoms with van der Waals surface area (Å²) < 4.78 is 83.1. The summed E-state index contributed by atoms with van der Waals surface area (Å²) in [5.41, 5.74) is 3.38. The molecule has 5 N–H and O–H groups in total. The Morgan fingerprint density at radius 3 is 1.79 bits per heavy atom. The first-order valence-corrected chi connectivity index (χ1v) is 14.8. The highest BCUT2D eigenvalue weighted by Crippen LogP contribution is 2.30. The summed E-state index contributed by atoms with van der Waals surface area (Å²) in [7, 11) is -13.7. The summed E-state index contributed by atoms with van der Waals surface area (Å²) in [4.78, 5) is 11.5. The molecule has 1 amide bonds. The van der Waals surface area contributed by atoms with Crippen LogP contribution in [0, 0.1) is 24.1 Å². The van der Waals surface area contributed by atoms with Gasteiger partial charge in [0.05, 0.1) is 10.7 Å². The van der Waals surface area contributed by atoms with Gasteiger partial charge in [-0.2, -0.15) is 4.57 Å². The lowest BCUT2D eigenvalue weighted by Crippen LogP contribution is -2.68. The summed E-state index contributed by atoms with van der Waals surface area (Å²) in [5, 5.41) is 12.4. The molecule has 0 aliphatic heterocycles. The minimum absolute atomic E-state index is 0.134. The molecule has 1 aromatic heterocycles. The number of hydrogen-bond donors (Lipinski definition) is 3. The van der Waals surface area contributed by atoms with E-state index in [-0.39, 0.29) is 17.3 Å². The molecule has 13 nitrogen and oxygen atoms in total. The molecular weight excluding hydrogens is 587 g/mol. The summed E-state index contributed by atoms with van der Waals surface area (Å²) in [6.45, 7) is 3.56. The number of anilines is 1. The number of aryl methyl sites for hydroxylation is 2. The zero-order valence-electron chi connectivity index (χ0n) is 19.8. The van der Waals surface area contributed by atoms with Crippen molar-refractivity contribution in [3.05, 3.63) is 71.0 Å². The molecule has 38 heavy (non-hydrogen) atoms. The van der Waals surface area contributed by atoms with Gasteiger partial charge in [-0.05, 0) is 23.3 Å². The van der Waals surface area contributed by atoms with Crippen LogP contribution in [0.5, 0.6) is 0 Å². The van der Waals surface area contributed by atoms with E-state index in [9.17, 15) is 21.6 Å². The lowest BCUT2D eigenvalue weighted by atomic mass is 10.0. The van der Waals surface area contributed by atoms with Crippen LogP contribution < -0.4 is 38.8 Å². The normalized spacial score (nSPS) is 11.9. The molecule has 0 saturated heterocycles. The number of amides is 1. The lowest BCUT2D eigenvalue weighted by molar-refractivity contribution is -2.00. The molecule has 0 aliphatic carbocycles. The van der Waals surface area contributed by atoms with Crippen molar-refractivity contribution in [3.63, 3.8) is 0 Å². The predicted octanol–water partition coefficient (Wildman–Crippen LogP) is -2.91. The zero-order valence-corrected chi connectivity index (χ0v) is 22.9. The van der Waals surface area contributed by atoms with Gasteiger partial charge in [0, 0.05) is 26.0 Å². The number of nitrogens with one attached hydrogen (secondary N) is 1. The van der Waals surface area contributed by atoms with Crippen LogP contribution in [0.1, 0.15) is 11.4 Å². The highest BCUT2D eigenvalue weighted by molar-refractivity contribution is 7.90. The van der Waals surface area contributed by atoms with Gasteiger partial charge in [0.1, 0.15) is 9.79 Å². The Balaban J connectivity index is 0.000000926. The minimum Gasteiger partial charge on any atom is -0.319 e. The monoisotopic (exact) mass is 608 g/mol. The maximum absolute atomic E-state index is 12.8. The first-order chi connectivity index (χ1) is 17.3. The maximum atomic E-state index is 12.8. The molecule has 0 saturated carbocycles. The zero-order chi connectivity index (χ0) is 29.1. The van der Waals surface area contributed by atoms with E-state index in [1.165, 1.54) is 0 Å². The van der Waals surface area contributed by atoms with Crippen LogP contribution in [-0.4, -0.2) is 22.7 Å². The number of pyridine rings is 1. The third-order valence-electron chi connectivity index (χ3n) is 4.91. The van der Waals surface area contributed by atoms with E-state index in [0.29, 0.717) is 0 Å². The average molecular weight is 609 g/mol. The second-order valence-electron chi connectivity index (χ2n) is 7.77. The topological polar surface area (TPSA) is 246 Å². The Labute approximate surface area is 225 Å². The number of sulfonamides is 2. The molecular formula is C21H22Cl2N4O9S2. The van der Waals surface area contributed by atoms with Gasteiger partial charge in [-0.3, -0.25) is 4.79 Å². The number of nitrogens with two attached hydrogens (primary N) is 2. The minimum atomic E-state index is -4.94. The molecule has 0 unspecified atom stereocenters. The number of hydrogen-bond acceptors (Lipinski definition) is 9. The SMILES string of the molecule is Cc1cc(-c2ccccc2)cc(C)[n+]1CC(=O)Nc1cc(Cl)c(S(N)(=O)=O)cc1S(N)(=O)=O.[O-][Cl+3]([O-])([O-])[O-]. The number of nitrogens with zero attached hydrogens (tertiary/aromatic N) is 1. The molecule has 206 valence electrons. The first-order valence-electron chi connectivity index (χ1n) is 10.1. The highest BCUT2D eigenvalue weighted by Gasteiger charge is 2.25. The van der Waals surface area contributed by atoms with Crippen molar-refractivity contribution in [2.24, 2.45) is 10.3 Å². The Hall–Kier alpha value is -2.70. The van der Waals surface area contributed by atoms with Crippen molar-refractivity contribution in [2.45, 2.75) is 30.2 Å². The van der Waals surface area contributed by atoms with E-state index >= 15 is 0 Å². The summed E-state index contributed by atoms with van der Waals surface area (Å²) in [6, 6.07) is 15.3. The third-order valence-corrected chi connectivity index (χ3v) is 7.24. The van der Waals surface area contributed by atoms with E-state index in [2.05, 4.69) is 5.32 Å². The van der Waals surface area contributed by atoms with Gasteiger partial charge in [0.2, 0.25) is 26.6 Å². The van der Waals surface area contributed by atoms with E-state index in [4.69, 9.17) is 40.5 Å². The van der Waals surface area contributed by atoms with Crippen LogP contribution in [0.25, 0.3) is 11.1 Å². The van der Waals surface area contributed by atoms with Crippen molar-refractivity contribution in [3.8, 4) is 11.1 Å². The quantitative estimate of drug-likeness (QED) is 0.242. The summed E-state index contributed by atoms with van der Waals surface area (Å²) in [5.74, 6) is -0.567. The Bertz CT molecular complexity index is 1530. The van der Waals surface area contributed by atoms with E-state index in [0.717, 1.165) is 34.6 Å². The number of primary sulfonamides is 2. The molecule has 0 aliphatic rings. The third kappa shape index (κ3) is 9.25. The van der Waals surface area contributed by atoms with E-state index < -0.39 is 46.0 Å². The van der Waals surface area contributed by atoms with E-state index in [1.807, 2.05) is 56.3 Å². The fraction of sp³-hybridized carbons (Fsp3) is 0.143. The van der Waals surface area contributed by atoms with Crippen LogP contribution in [0.15, 0.2) is 64.4 Å². The smallest absolute Gasteiger partial charge is 0.290 e. The second kappa shape index (κ2) is 12.0. The molecule has 0 atom stereocenters. The van der Waals surface area contributed by atoms with Crippen molar-refractivity contribution >= 4 is 43.2 Å². The molecule has 3 rings (SSSR count). The Kier molecular flexibility index (Phi) is 9.95. The van der Waals surface area contributed by atoms with Crippen molar-refractivity contribution in [1.29, 1.82) is 0 Å². The number of halogens is 2. The fourth-order valence-electron chi connectivity index (χ4n) is 3.39. The first kappa shape index (κ1) is 31.5. The molecule has 1 heterocycles. The molecule has 0 spiro atoms. The average Bonchev–Trinajstić information content (AvgIpc) is 2.74. The molecule has 3 aromatic rings. The second-order valence-corrected chi connectivity index (χ2v) is 12.0. The summed E-state index contributed by atoms with van der Waals surface area (Å²) >= 11 is 5.95. The van der Waals surface area contributed by atoms with Gasteiger partial charge in [0.15, 0.2) is 11.4 Å². The number of benzene rings is 2. The number of aromatic nitrogens is 1. The van der Waals surface area contributed by atoms with Crippen LogP contribution in [0.4, 0.5) is 5.69 Å². The standard InChI is InChI=1S/C21H21ClN4O5S2.ClHO4/c1-13-8-16(15-6-4-3-5-7-15)9-14(2)26(13)12-21(27)25-18-10-17(22)19(32(23,28)29)11-20(18)33(24,30)31;2-1(3,4)5/h3-11H,12H2,1-2H3,(H4-,23,24,25,27,28,29,30,31);(H,2,3,4,5). The van der Waals surface area contributed by atoms with E-state index in [1.54, 1.807) is 4.57 Å². The molecule has 0 radical (unpaired) electrons. The van der Waals surface area contributed by atoms with Gasteiger partial charge >= 0.3 is 0 Å². The highest BCUT2D eigenvalue weighted by atomic mass is 35.7. The Morgan fingerprint density at radius 2 is 1.34 bits per heavy atom. The lowest BCUT2D eigenvalue weighted by Gasteiger charge is -2.17. The van der Waals surface area contributed by atoms with Gasteiger partial charge in [0.25, 0.3) is 5.91 Å². The molecule has 17 heteroatoms. The van der Waals surface area contributed by atoms with Crippen LogP contribution in [0.3, 0.4) is 0 Å². The Morgan fingerprint density at radius 1 is 0.868 bits per heavy atom. The number of rotatable bonds is 6. The van der Waals surface area contributed by atoms with Gasteiger partial charge in [-0.15, -0.1) is 10.2 Å². The molecule has 0 fully saturated rings. The fourth-order valence-corrected chi connectivity index (χ4v) is 5.26. The van der Waals surface area contributed by atoms with Crippen LogP contribution in [0.2, 0.25) is 5.02 Å². The molecule has 2 aromatic carbocycles. The van der Waals surface area contributed by atoms with Crippen LogP contribution in [-0.2, 0) is 31.4 Å². The summed E-state index contributed by atoms with van der Waals surface area (Å²) in [6.07, 6.45) is 0. The van der Waals surface area contributed by atoms with Gasteiger partial charge in [-0.1, -0.05) is 41.9 Å². The van der Waals surface area contributed by atoms with Crippen LogP contribution >= 0.6 is 11.6 Å². The molecule has 0 bridgehead atoms. The predicted molar refractivity (Wildman–Crippen MR) is 124 cm³/mol. The maximum Gasteiger partial charge on any atom is 0.290 e. The number of carbonyl (C=O) groups is 1. The largest absolute Gasteiger partial charge is 0.319 e. The van der Waals surface area contributed by atoms with Gasteiger partial charge in [-0.25, -0.2) is 45.7 Å².